The van der Waals surface area contributed by atoms with Gasteiger partial charge in [-0.15, -0.1) is 0 Å². The number of rotatable bonds is 0. The third kappa shape index (κ3) is 1.18. The fourth-order valence-electron chi connectivity index (χ4n) is 0.391. The van der Waals surface area contributed by atoms with Gasteiger partial charge in [0.15, 0.2) is 0 Å². The zero-order valence-corrected chi connectivity index (χ0v) is 5.89. The van der Waals surface area contributed by atoms with Gasteiger partial charge in [-0.2, -0.15) is 0 Å². The normalized spacial score (nSPS) is 9.00. The number of aromatic amines is 2. The van der Waals surface area contributed by atoms with Crippen molar-refractivity contribution >= 4 is 15.6 Å². The second kappa shape index (κ2) is 2.11. The fourth-order valence-corrected chi connectivity index (χ4v) is 0.778. The first-order valence-electron chi connectivity index (χ1n) is 2.09. The first kappa shape index (κ1) is 5.53. The van der Waals surface area contributed by atoms with Crippen LogP contribution in [0.1, 0.15) is 0 Å². The molecule has 1 aromatic rings. The van der Waals surface area contributed by atoms with Gasteiger partial charge in [-0.05, 0) is 0 Å². The Labute approximate surface area is 53.1 Å². The van der Waals surface area contributed by atoms with E-state index >= 15 is 0 Å². The van der Waals surface area contributed by atoms with Crippen molar-refractivity contribution in [3.8, 4) is 0 Å². The molecule has 0 aliphatic carbocycles. The summed E-state index contributed by atoms with van der Waals surface area (Å²) in [5.74, 6) is 0. The molecule has 0 aliphatic heterocycles. The maximum absolute atomic E-state index is 10.4. The summed E-state index contributed by atoms with van der Waals surface area (Å²) < 4.78 is 0.713. The second-order valence-corrected chi connectivity index (χ2v) is 2.25. The van der Waals surface area contributed by atoms with Crippen molar-refractivity contribution in [2.75, 3.05) is 0 Å². The Morgan fingerprint density at radius 1 is 1.62 bits per heavy atom. The molecule has 0 amide bonds. The van der Waals surface area contributed by atoms with Crippen molar-refractivity contribution in [1.29, 1.82) is 0 Å². The number of aromatic nitrogens is 2. The topological polar surface area (TPSA) is 48.6 Å². The van der Waals surface area contributed by atoms with Crippen LogP contribution < -0.4 is 5.56 Å². The Morgan fingerprint density at radius 2 is 2.38 bits per heavy atom. The van der Waals surface area contributed by atoms with E-state index in [-0.39, 0.29) is 5.56 Å². The van der Waals surface area contributed by atoms with Crippen LogP contribution >= 0.6 is 0 Å². The second-order valence-electron chi connectivity index (χ2n) is 1.32. The van der Waals surface area contributed by atoms with E-state index in [4.69, 9.17) is 0 Å². The Morgan fingerprint density at radius 3 is 2.75 bits per heavy atom. The zero-order valence-electron chi connectivity index (χ0n) is 4.01. The zero-order chi connectivity index (χ0) is 5.98. The van der Waals surface area contributed by atoms with Crippen molar-refractivity contribution in [1.82, 2.24) is 9.97 Å². The average molecular weight is 176 g/mol. The summed E-state index contributed by atoms with van der Waals surface area (Å²) in [5.41, 5.74) is -0.0839. The van der Waals surface area contributed by atoms with Crippen molar-refractivity contribution in [2.45, 2.75) is 0 Å². The third-order valence-corrected chi connectivity index (χ3v) is 1.20. The van der Waals surface area contributed by atoms with Crippen LogP contribution in [-0.2, 0) is 0 Å². The molecule has 8 heavy (non-hydrogen) atoms. The molecule has 0 saturated heterocycles. The summed E-state index contributed by atoms with van der Waals surface area (Å²) in [6.45, 7) is 0. The van der Waals surface area contributed by atoms with Crippen LogP contribution in [0.25, 0.3) is 0 Å². The SMILES string of the molecule is O=c1cc[nH]c(=[SeH])[nH]1. The maximum atomic E-state index is 10.4. The van der Waals surface area contributed by atoms with Gasteiger partial charge in [0.2, 0.25) is 0 Å². The van der Waals surface area contributed by atoms with Gasteiger partial charge in [-0.25, -0.2) is 0 Å². The molecule has 4 heteroatoms. The molecule has 0 fully saturated rings. The molecule has 0 spiro atoms. The standard InChI is InChI=1S/C4H5N2OSe/c7-3-1-2-5-4(8)6-3/h1-2,5,8H,(H,6,7). The molecule has 0 aromatic carbocycles. The fraction of sp³-hybridized carbons (Fsp3) is 0. The average Bonchev–Trinajstić information content (AvgIpc) is 1.64. The molecule has 1 aromatic heterocycles. The van der Waals surface area contributed by atoms with Gasteiger partial charge in [0.25, 0.3) is 0 Å². The molecule has 1 rings (SSSR count). The Hall–Kier alpha value is -0.601. The molecule has 1 heterocycles. The summed E-state index contributed by atoms with van der Waals surface area (Å²) in [6.07, 6.45) is 1.59. The van der Waals surface area contributed by atoms with E-state index in [0.717, 1.165) is 0 Å². The predicted octanol–water partition coefficient (Wildman–Crippen LogP) is -0.864. The Balaban J connectivity index is 3.50. The van der Waals surface area contributed by atoms with Crippen LogP contribution in [-0.4, -0.2) is 25.5 Å². The van der Waals surface area contributed by atoms with Crippen LogP contribution in [0.4, 0.5) is 0 Å². The van der Waals surface area contributed by atoms with Crippen LogP contribution in [0.2, 0.25) is 0 Å². The third-order valence-electron chi connectivity index (χ3n) is 0.696. The minimum absolute atomic E-state index is 0.0839. The molecule has 1 radical (unpaired) electrons. The molecule has 0 aliphatic rings. The summed E-state index contributed by atoms with van der Waals surface area (Å²) >= 11 is 2.21. The van der Waals surface area contributed by atoms with Crippen molar-refractivity contribution < 1.29 is 0 Å². The van der Waals surface area contributed by atoms with E-state index < -0.39 is 0 Å². The number of hydrogen-bond donors (Lipinski definition) is 2. The Bertz CT molecular complexity index is 248. The molecule has 3 nitrogen and oxygen atoms in total. The Kier molecular flexibility index (Phi) is 1.46. The van der Waals surface area contributed by atoms with Gasteiger partial charge < -0.3 is 0 Å². The van der Waals surface area contributed by atoms with Crippen molar-refractivity contribution in [2.24, 2.45) is 0 Å². The minimum atomic E-state index is -0.0839. The first-order chi connectivity index (χ1) is 3.79. The van der Waals surface area contributed by atoms with E-state index in [0.29, 0.717) is 4.32 Å². The molecule has 43 valence electrons. The molecule has 0 atom stereocenters. The quantitative estimate of drug-likeness (QED) is 0.496. The molecular formula is C4H5N2OSe. The van der Waals surface area contributed by atoms with Crippen molar-refractivity contribution in [3.63, 3.8) is 0 Å². The number of hydrogen-bond acceptors (Lipinski definition) is 1. The van der Waals surface area contributed by atoms with Gasteiger partial charge >= 0.3 is 52.5 Å². The van der Waals surface area contributed by atoms with Crippen LogP contribution in [0.3, 0.4) is 0 Å². The van der Waals surface area contributed by atoms with Gasteiger partial charge in [0.1, 0.15) is 0 Å². The first-order valence-corrected chi connectivity index (χ1v) is 3.03. The molecule has 0 saturated carbocycles. The molecule has 2 N–H and O–H groups in total. The monoisotopic (exact) mass is 177 g/mol. The van der Waals surface area contributed by atoms with Crippen molar-refractivity contribution in [3.05, 3.63) is 26.9 Å². The van der Waals surface area contributed by atoms with E-state index in [2.05, 4.69) is 25.5 Å². The predicted molar refractivity (Wildman–Crippen MR) is 31.8 cm³/mol. The van der Waals surface area contributed by atoms with E-state index in [9.17, 15) is 4.79 Å². The van der Waals surface area contributed by atoms with Crippen LogP contribution in [0.5, 0.6) is 0 Å². The van der Waals surface area contributed by atoms with Crippen LogP contribution in [0.15, 0.2) is 17.1 Å². The van der Waals surface area contributed by atoms with E-state index in [1.54, 1.807) is 6.20 Å². The number of nitrogens with one attached hydrogen (secondary N) is 2. The van der Waals surface area contributed by atoms with Gasteiger partial charge in [0, 0.05) is 0 Å². The summed E-state index contributed by atoms with van der Waals surface area (Å²) in [6, 6.07) is 1.43. The van der Waals surface area contributed by atoms with Gasteiger partial charge in [-0.3, -0.25) is 0 Å². The molecule has 0 bridgehead atoms. The van der Waals surface area contributed by atoms with Crippen LogP contribution in [0, 0.1) is 4.32 Å². The summed E-state index contributed by atoms with van der Waals surface area (Å²) in [4.78, 5) is 15.7. The molecular weight excluding hydrogens is 171 g/mol. The summed E-state index contributed by atoms with van der Waals surface area (Å²) in [5, 5.41) is 0. The van der Waals surface area contributed by atoms with Gasteiger partial charge in [0.05, 0.1) is 0 Å². The van der Waals surface area contributed by atoms with E-state index in [1.165, 1.54) is 6.07 Å². The van der Waals surface area contributed by atoms with Gasteiger partial charge in [-0.1, -0.05) is 0 Å². The number of H-pyrrole nitrogens is 2. The molecule has 0 unspecified atom stereocenters. The summed E-state index contributed by atoms with van der Waals surface area (Å²) in [7, 11) is 0. The van der Waals surface area contributed by atoms with E-state index in [1.807, 2.05) is 0 Å².